The highest BCUT2D eigenvalue weighted by molar-refractivity contribution is 5.71. The molecule has 4 aromatic rings. The zero-order valence-electron chi connectivity index (χ0n) is 14.3. The topological polar surface area (TPSA) is 68.1 Å². The molecule has 1 N–H and O–H groups in total. The van der Waals surface area contributed by atoms with Crippen LogP contribution in [0, 0.1) is 11.8 Å². The molecule has 0 saturated carbocycles. The second-order valence-electron chi connectivity index (χ2n) is 5.75. The predicted octanol–water partition coefficient (Wildman–Crippen LogP) is 3.71. The lowest BCUT2D eigenvalue weighted by atomic mass is 10.2. The third kappa shape index (κ3) is 3.92. The van der Waals surface area contributed by atoms with Crippen molar-refractivity contribution < 1.29 is 9.84 Å². The van der Waals surface area contributed by atoms with Crippen LogP contribution in [0.3, 0.4) is 0 Å². The molecular formula is C22H15N3O2. The predicted molar refractivity (Wildman–Crippen MR) is 102 cm³/mol. The molecule has 0 fully saturated rings. The van der Waals surface area contributed by atoms with Gasteiger partial charge in [-0.1, -0.05) is 36.3 Å². The summed E-state index contributed by atoms with van der Waals surface area (Å²) in [4.78, 5) is 13.3. The molecule has 2 aromatic carbocycles. The van der Waals surface area contributed by atoms with Gasteiger partial charge in [-0.25, -0.2) is 15.0 Å². The van der Waals surface area contributed by atoms with Crippen LogP contribution in [-0.2, 0) is 6.61 Å². The molecule has 0 bridgehead atoms. The van der Waals surface area contributed by atoms with Crippen molar-refractivity contribution in [2.45, 2.75) is 6.61 Å². The lowest BCUT2D eigenvalue weighted by molar-refractivity contribution is 0.281. The number of nitrogens with zero attached hydrogens (tertiary/aromatic N) is 3. The van der Waals surface area contributed by atoms with E-state index in [-0.39, 0.29) is 6.61 Å². The smallest absolute Gasteiger partial charge is 0.255 e. The van der Waals surface area contributed by atoms with Crippen LogP contribution in [0.1, 0.15) is 16.8 Å². The molecule has 130 valence electrons. The molecule has 0 radical (unpaired) electrons. The maximum absolute atomic E-state index is 9.32. The number of fused-ring (bicyclic) bond motifs is 1. The van der Waals surface area contributed by atoms with E-state index in [1.807, 2.05) is 48.5 Å². The van der Waals surface area contributed by atoms with Crippen molar-refractivity contribution in [1.82, 2.24) is 15.0 Å². The van der Waals surface area contributed by atoms with Crippen molar-refractivity contribution in [2.24, 2.45) is 0 Å². The van der Waals surface area contributed by atoms with E-state index in [0.29, 0.717) is 28.5 Å². The SMILES string of the molecule is OCc1cccc(Oc2nc3cccnc3nc2C#Cc2ccccc2)c1. The van der Waals surface area contributed by atoms with Gasteiger partial charge in [0, 0.05) is 11.8 Å². The average Bonchev–Trinajstić information content (AvgIpc) is 2.73. The lowest BCUT2D eigenvalue weighted by Gasteiger charge is -2.08. The minimum Gasteiger partial charge on any atom is -0.437 e. The summed E-state index contributed by atoms with van der Waals surface area (Å²) in [6, 6.07) is 20.4. The summed E-state index contributed by atoms with van der Waals surface area (Å²) in [5.41, 5.74) is 3.15. The highest BCUT2D eigenvalue weighted by Crippen LogP contribution is 2.24. The first-order valence-electron chi connectivity index (χ1n) is 8.39. The van der Waals surface area contributed by atoms with Gasteiger partial charge in [0.25, 0.3) is 5.88 Å². The average molecular weight is 353 g/mol. The fourth-order valence-corrected chi connectivity index (χ4v) is 2.50. The summed E-state index contributed by atoms with van der Waals surface area (Å²) in [6.45, 7) is -0.0643. The molecule has 0 amide bonds. The zero-order chi connectivity index (χ0) is 18.5. The van der Waals surface area contributed by atoms with E-state index in [0.717, 1.165) is 11.1 Å². The van der Waals surface area contributed by atoms with E-state index < -0.39 is 0 Å². The van der Waals surface area contributed by atoms with Gasteiger partial charge >= 0.3 is 0 Å². The highest BCUT2D eigenvalue weighted by Gasteiger charge is 2.11. The second kappa shape index (κ2) is 7.65. The summed E-state index contributed by atoms with van der Waals surface area (Å²) in [7, 11) is 0. The van der Waals surface area contributed by atoms with Crippen LogP contribution in [0.2, 0.25) is 0 Å². The number of pyridine rings is 1. The van der Waals surface area contributed by atoms with Gasteiger partial charge in [0.05, 0.1) is 6.61 Å². The third-order valence-corrected chi connectivity index (χ3v) is 3.80. The van der Waals surface area contributed by atoms with Crippen LogP contribution < -0.4 is 4.74 Å². The number of rotatable bonds is 3. The van der Waals surface area contributed by atoms with Crippen molar-refractivity contribution in [3.8, 4) is 23.5 Å². The Kier molecular flexibility index (Phi) is 4.73. The molecule has 4 rings (SSSR count). The number of aromatic nitrogens is 3. The normalized spacial score (nSPS) is 10.3. The van der Waals surface area contributed by atoms with Crippen LogP contribution in [0.4, 0.5) is 0 Å². The molecule has 0 spiro atoms. The molecular weight excluding hydrogens is 338 g/mol. The van der Waals surface area contributed by atoms with Gasteiger partial charge in [-0.05, 0) is 47.9 Å². The molecule has 0 saturated heterocycles. The summed E-state index contributed by atoms with van der Waals surface area (Å²) in [6.07, 6.45) is 1.66. The van der Waals surface area contributed by atoms with Gasteiger partial charge in [-0.15, -0.1) is 0 Å². The lowest BCUT2D eigenvalue weighted by Crippen LogP contribution is -1.98. The zero-order valence-corrected chi connectivity index (χ0v) is 14.3. The van der Waals surface area contributed by atoms with Crippen LogP contribution in [-0.4, -0.2) is 20.1 Å². The minimum atomic E-state index is -0.0643. The van der Waals surface area contributed by atoms with Crippen LogP contribution in [0.25, 0.3) is 11.2 Å². The Morgan fingerprint density at radius 3 is 2.63 bits per heavy atom. The molecule has 0 atom stereocenters. The maximum atomic E-state index is 9.32. The maximum Gasteiger partial charge on any atom is 0.255 e. The van der Waals surface area contributed by atoms with Crippen molar-refractivity contribution in [1.29, 1.82) is 0 Å². The van der Waals surface area contributed by atoms with E-state index in [4.69, 9.17) is 4.74 Å². The number of hydrogen-bond acceptors (Lipinski definition) is 5. The Morgan fingerprint density at radius 2 is 1.78 bits per heavy atom. The van der Waals surface area contributed by atoms with Crippen molar-refractivity contribution in [2.75, 3.05) is 0 Å². The first-order chi connectivity index (χ1) is 13.3. The number of benzene rings is 2. The Labute approximate surface area is 156 Å². The van der Waals surface area contributed by atoms with Crippen LogP contribution in [0.5, 0.6) is 11.6 Å². The number of aliphatic hydroxyl groups is 1. The molecule has 0 aliphatic carbocycles. The molecule has 0 unspecified atom stereocenters. The quantitative estimate of drug-likeness (QED) is 0.569. The fourth-order valence-electron chi connectivity index (χ4n) is 2.50. The Morgan fingerprint density at radius 1 is 0.889 bits per heavy atom. The van der Waals surface area contributed by atoms with E-state index >= 15 is 0 Å². The Hall–Kier alpha value is -3.75. The fraction of sp³-hybridized carbons (Fsp3) is 0.0455. The number of ether oxygens (including phenoxy) is 1. The van der Waals surface area contributed by atoms with Crippen LogP contribution in [0.15, 0.2) is 72.9 Å². The number of hydrogen-bond donors (Lipinski definition) is 1. The van der Waals surface area contributed by atoms with Gasteiger partial charge in [-0.3, -0.25) is 0 Å². The van der Waals surface area contributed by atoms with Crippen molar-refractivity contribution in [3.05, 3.63) is 89.7 Å². The molecule has 5 heteroatoms. The minimum absolute atomic E-state index is 0.0643. The monoisotopic (exact) mass is 353 g/mol. The summed E-state index contributed by atoms with van der Waals surface area (Å²) in [5, 5.41) is 9.32. The Bertz CT molecular complexity index is 1150. The molecule has 27 heavy (non-hydrogen) atoms. The van der Waals surface area contributed by atoms with Crippen LogP contribution >= 0.6 is 0 Å². The highest BCUT2D eigenvalue weighted by atomic mass is 16.5. The van der Waals surface area contributed by atoms with Gasteiger partial charge < -0.3 is 9.84 Å². The van der Waals surface area contributed by atoms with Crippen molar-refractivity contribution >= 4 is 11.2 Å². The standard InChI is InChI=1S/C22H15N3O2/c26-15-17-8-4-9-18(14-17)27-22-20(12-11-16-6-2-1-3-7-16)24-21-19(25-22)10-5-13-23-21/h1-10,13-14,26H,15H2. The molecule has 0 aliphatic rings. The molecule has 5 nitrogen and oxygen atoms in total. The first kappa shape index (κ1) is 16.7. The van der Waals surface area contributed by atoms with E-state index in [2.05, 4.69) is 26.8 Å². The molecule has 0 aliphatic heterocycles. The summed E-state index contributed by atoms with van der Waals surface area (Å²) in [5.74, 6) is 6.96. The second-order valence-corrected chi connectivity index (χ2v) is 5.75. The van der Waals surface area contributed by atoms with Crippen molar-refractivity contribution in [3.63, 3.8) is 0 Å². The summed E-state index contributed by atoms with van der Waals surface area (Å²) < 4.78 is 5.93. The van der Waals surface area contributed by atoms with Gasteiger partial charge in [0.1, 0.15) is 11.3 Å². The van der Waals surface area contributed by atoms with E-state index in [9.17, 15) is 5.11 Å². The van der Waals surface area contributed by atoms with Gasteiger partial charge in [-0.2, -0.15) is 0 Å². The Balaban J connectivity index is 1.78. The largest absolute Gasteiger partial charge is 0.437 e. The first-order valence-corrected chi connectivity index (χ1v) is 8.39. The third-order valence-electron chi connectivity index (χ3n) is 3.80. The number of aliphatic hydroxyl groups excluding tert-OH is 1. The van der Waals surface area contributed by atoms with Gasteiger partial charge in [0.2, 0.25) is 0 Å². The van der Waals surface area contributed by atoms with E-state index in [1.165, 1.54) is 0 Å². The summed E-state index contributed by atoms with van der Waals surface area (Å²) >= 11 is 0. The van der Waals surface area contributed by atoms with E-state index in [1.54, 1.807) is 24.4 Å². The van der Waals surface area contributed by atoms with Gasteiger partial charge in [0.15, 0.2) is 11.3 Å². The molecule has 2 heterocycles. The molecule has 2 aromatic heterocycles.